The highest BCUT2D eigenvalue weighted by Crippen LogP contribution is 2.17. The summed E-state index contributed by atoms with van der Waals surface area (Å²) in [4.78, 5) is 15.2. The molecule has 1 amide bonds. The van der Waals surface area contributed by atoms with Crippen molar-refractivity contribution < 1.29 is 9.18 Å². The van der Waals surface area contributed by atoms with Gasteiger partial charge in [0, 0.05) is 6.42 Å². The molecule has 0 aliphatic rings. The summed E-state index contributed by atoms with van der Waals surface area (Å²) in [6.45, 7) is 2.04. The van der Waals surface area contributed by atoms with Gasteiger partial charge in [0.25, 0.3) is 5.91 Å². The molecule has 0 saturated heterocycles. The van der Waals surface area contributed by atoms with E-state index in [0.717, 1.165) is 17.8 Å². The van der Waals surface area contributed by atoms with E-state index in [1.807, 2.05) is 6.92 Å². The molecule has 7 heteroatoms. The van der Waals surface area contributed by atoms with E-state index in [9.17, 15) is 9.18 Å². The van der Waals surface area contributed by atoms with Gasteiger partial charge in [0.05, 0.1) is 0 Å². The quantitative estimate of drug-likeness (QED) is 0.862. The van der Waals surface area contributed by atoms with Crippen LogP contribution in [-0.2, 0) is 6.42 Å². The second-order valence-electron chi connectivity index (χ2n) is 3.55. The van der Waals surface area contributed by atoms with E-state index in [1.165, 1.54) is 29.5 Å². The number of anilines is 1. The molecule has 0 aromatic carbocycles. The van der Waals surface area contributed by atoms with Crippen LogP contribution in [0.2, 0.25) is 0 Å². The molecule has 2 aromatic rings. The molecular weight excluding hydrogens is 255 g/mol. The Morgan fingerprint density at radius 3 is 3.00 bits per heavy atom. The van der Waals surface area contributed by atoms with E-state index in [0.29, 0.717) is 5.13 Å². The van der Waals surface area contributed by atoms with Crippen LogP contribution in [0, 0.1) is 5.95 Å². The Kier molecular flexibility index (Phi) is 3.93. The molecule has 0 aliphatic heterocycles. The van der Waals surface area contributed by atoms with Crippen molar-refractivity contribution in [2.24, 2.45) is 0 Å². The van der Waals surface area contributed by atoms with Crippen LogP contribution in [0.3, 0.4) is 0 Å². The number of nitrogens with one attached hydrogen (secondary N) is 1. The van der Waals surface area contributed by atoms with E-state index in [4.69, 9.17) is 0 Å². The SMILES string of the molecule is CCCc1nnc(NC(=O)c2cccc(F)n2)s1. The monoisotopic (exact) mass is 266 g/mol. The van der Waals surface area contributed by atoms with Crippen LogP contribution in [0.15, 0.2) is 18.2 Å². The van der Waals surface area contributed by atoms with Crippen LogP contribution in [0.5, 0.6) is 0 Å². The molecule has 0 unspecified atom stereocenters. The maximum atomic E-state index is 12.9. The molecule has 0 radical (unpaired) electrons. The zero-order valence-electron chi connectivity index (χ0n) is 9.68. The Hall–Kier alpha value is -1.89. The molecule has 5 nitrogen and oxygen atoms in total. The van der Waals surface area contributed by atoms with Gasteiger partial charge in [-0.25, -0.2) is 4.98 Å². The summed E-state index contributed by atoms with van der Waals surface area (Å²) in [6, 6.07) is 4.05. The fourth-order valence-electron chi connectivity index (χ4n) is 1.31. The minimum absolute atomic E-state index is 0.0160. The van der Waals surface area contributed by atoms with Crippen LogP contribution in [0.4, 0.5) is 9.52 Å². The Balaban J connectivity index is 2.06. The number of carbonyl (C=O) groups excluding carboxylic acids is 1. The van der Waals surface area contributed by atoms with Crippen molar-refractivity contribution in [1.82, 2.24) is 15.2 Å². The van der Waals surface area contributed by atoms with E-state index in [-0.39, 0.29) is 5.69 Å². The zero-order valence-corrected chi connectivity index (χ0v) is 10.5. The molecule has 94 valence electrons. The van der Waals surface area contributed by atoms with Gasteiger partial charge < -0.3 is 0 Å². The van der Waals surface area contributed by atoms with Gasteiger partial charge in [0.15, 0.2) is 0 Å². The maximum Gasteiger partial charge on any atom is 0.276 e. The summed E-state index contributed by atoms with van der Waals surface area (Å²) in [7, 11) is 0. The lowest BCUT2D eigenvalue weighted by atomic mass is 10.3. The van der Waals surface area contributed by atoms with Crippen molar-refractivity contribution >= 4 is 22.4 Å². The Bertz CT molecular complexity index is 557. The van der Waals surface area contributed by atoms with Crippen molar-refractivity contribution in [1.29, 1.82) is 0 Å². The van der Waals surface area contributed by atoms with Crippen LogP contribution in [-0.4, -0.2) is 21.1 Å². The van der Waals surface area contributed by atoms with Crippen molar-refractivity contribution in [2.75, 3.05) is 5.32 Å². The lowest BCUT2D eigenvalue weighted by Gasteiger charge is -1.99. The minimum atomic E-state index is -0.688. The number of amides is 1. The molecule has 18 heavy (non-hydrogen) atoms. The summed E-state index contributed by atoms with van der Waals surface area (Å²) in [6.07, 6.45) is 1.79. The van der Waals surface area contributed by atoms with Gasteiger partial charge in [0.2, 0.25) is 11.1 Å². The molecule has 0 bridgehead atoms. The second-order valence-corrected chi connectivity index (χ2v) is 4.61. The molecule has 0 spiro atoms. The van der Waals surface area contributed by atoms with Crippen LogP contribution in [0.25, 0.3) is 0 Å². The van der Waals surface area contributed by atoms with Crippen LogP contribution < -0.4 is 5.32 Å². The lowest BCUT2D eigenvalue weighted by molar-refractivity contribution is 0.102. The molecule has 1 N–H and O–H groups in total. The van der Waals surface area contributed by atoms with Gasteiger partial charge in [-0.1, -0.05) is 24.3 Å². The van der Waals surface area contributed by atoms with Gasteiger partial charge in [-0.2, -0.15) is 4.39 Å². The minimum Gasteiger partial charge on any atom is -0.295 e. The lowest BCUT2D eigenvalue weighted by Crippen LogP contribution is -2.13. The van der Waals surface area contributed by atoms with E-state index >= 15 is 0 Å². The first-order chi connectivity index (χ1) is 8.69. The number of aromatic nitrogens is 3. The predicted molar refractivity (Wildman–Crippen MR) is 66.1 cm³/mol. The zero-order chi connectivity index (χ0) is 13.0. The summed E-state index contributed by atoms with van der Waals surface area (Å²) in [5, 5.41) is 11.6. The average Bonchev–Trinajstić information content (AvgIpc) is 2.77. The number of rotatable bonds is 4. The van der Waals surface area contributed by atoms with Crippen molar-refractivity contribution in [3.8, 4) is 0 Å². The third-order valence-corrected chi connectivity index (χ3v) is 3.00. The first-order valence-corrected chi connectivity index (χ1v) is 6.27. The fourth-order valence-corrected chi connectivity index (χ4v) is 2.15. The average molecular weight is 266 g/mol. The topological polar surface area (TPSA) is 67.8 Å². The third kappa shape index (κ3) is 3.07. The number of pyridine rings is 1. The van der Waals surface area contributed by atoms with Gasteiger partial charge in [0.1, 0.15) is 10.7 Å². The fraction of sp³-hybridized carbons (Fsp3) is 0.273. The van der Waals surface area contributed by atoms with Crippen molar-refractivity contribution in [3.63, 3.8) is 0 Å². The van der Waals surface area contributed by atoms with E-state index < -0.39 is 11.9 Å². The van der Waals surface area contributed by atoms with Gasteiger partial charge in [-0.3, -0.25) is 10.1 Å². The Labute approximate surface area is 107 Å². The molecule has 0 atom stereocenters. The van der Waals surface area contributed by atoms with Gasteiger partial charge in [-0.15, -0.1) is 10.2 Å². The molecule has 0 fully saturated rings. The van der Waals surface area contributed by atoms with Gasteiger partial charge in [-0.05, 0) is 18.6 Å². The number of halogens is 1. The standard InChI is InChI=1S/C11H11FN4OS/c1-2-4-9-15-16-11(18-9)14-10(17)7-5-3-6-8(12)13-7/h3,5-6H,2,4H2,1H3,(H,14,16,17). The first kappa shape index (κ1) is 12.6. The van der Waals surface area contributed by atoms with Crippen LogP contribution in [0.1, 0.15) is 28.8 Å². The molecular formula is C11H11FN4OS. The number of aryl methyl sites for hydroxylation is 1. The number of hydrogen-bond acceptors (Lipinski definition) is 5. The van der Waals surface area contributed by atoms with Crippen LogP contribution >= 0.6 is 11.3 Å². The number of hydrogen-bond donors (Lipinski definition) is 1. The van der Waals surface area contributed by atoms with E-state index in [2.05, 4.69) is 20.5 Å². The summed E-state index contributed by atoms with van der Waals surface area (Å²) in [5.74, 6) is -1.18. The Morgan fingerprint density at radius 2 is 2.28 bits per heavy atom. The van der Waals surface area contributed by atoms with E-state index in [1.54, 1.807) is 0 Å². The normalized spacial score (nSPS) is 10.3. The highest BCUT2D eigenvalue weighted by molar-refractivity contribution is 7.15. The number of nitrogens with zero attached hydrogens (tertiary/aromatic N) is 3. The van der Waals surface area contributed by atoms with Crippen molar-refractivity contribution in [2.45, 2.75) is 19.8 Å². The predicted octanol–water partition coefficient (Wildman–Crippen LogP) is 2.28. The van der Waals surface area contributed by atoms with Gasteiger partial charge >= 0.3 is 0 Å². The largest absolute Gasteiger partial charge is 0.295 e. The smallest absolute Gasteiger partial charge is 0.276 e. The molecule has 2 rings (SSSR count). The molecule has 0 aliphatic carbocycles. The highest BCUT2D eigenvalue weighted by atomic mass is 32.1. The molecule has 2 aromatic heterocycles. The summed E-state index contributed by atoms with van der Waals surface area (Å²) in [5.41, 5.74) is 0.0160. The summed E-state index contributed by atoms with van der Waals surface area (Å²) >= 11 is 1.31. The highest BCUT2D eigenvalue weighted by Gasteiger charge is 2.11. The number of carbonyl (C=O) groups is 1. The van der Waals surface area contributed by atoms with Crippen molar-refractivity contribution in [3.05, 3.63) is 34.8 Å². The summed E-state index contributed by atoms with van der Waals surface area (Å²) < 4.78 is 12.9. The molecule has 0 saturated carbocycles. The third-order valence-electron chi connectivity index (χ3n) is 2.10. The maximum absolute atomic E-state index is 12.9. The Morgan fingerprint density at radius 1 is 1.44 bits per heavy atom. The second kappa shape index (κ2) is 5.63. The molecule has 2 heterocycles. The first-order valence-electron chi connectivity index (χ1n) is 5.45.